The number of hydrogen-bond acceptors (Lipinski definition) is 4. The maximum atomic E-state index is 12.8. The van der Waals surface area contributed by atoms with Crippen molar-refractivity contribution in [2.75, 3.05) is 5.73 Å². The predicted molar refractivity (Wildman–Crippen MR) is 121 cm³/mol. The number of nitrogens with one attached hydrogen (secondary N) is 1. The molecule has 0 fully saturated rings. The van der Waals surface area contributed by atoms with Gasteiger partial charge in [-0.15, -0.1) is 11.3 Å². The fraction of sp³-hybridized carbons (Fsp3) is 0.417. The molecule has 0 saturated heterocycles. The summed E-state index contributed by atoms with van der Waals surface area (Å²) in [5, 5.41) is 4.17. The molecule has 1 amide bonds. The van der Waals surface area contributed by atoms with E-state index in [4.69, 9.17) is 10.7 Å². The van der Waals surface area contributed by atoms with Crippen molar-refractivity contribution in [1.82, 2.24) is 10.3 Å². The lowest BCUT2D eigenvalue weighted by molar-refractivity contribution is 0.0944. The normalized spacial score (nSPS) is 17.7. The molecule has 4 rings (SSSR count). The van der Waals surface area contributed by atoms with Crippen molar-refractivity contribution in [3.8, 4) is 0 Å². The second kappa shape index (κ2) is 7.45. The molecule has 5 heteroatoms. The summed E-state index contributed by atoms with van der Waals surface area (Å²) < 4.78 is 0. The van der Waals surface area contributed by atoms with E-state index in [1.54, 1.807) is 0 Å². The van der Waals surface area contributed by atoms with Gasteiger partial charge in [0, 0.05) is 16.8 Å². The number of hydrogen-bond donors (Lipinski definition) is 2. The van der Waals surface area contributed by atoms with Crippen molar-refractivity contribution in [3.05, 3.63) is 58.1 Å². The first-order valence-corrected chi connectivity index (χ1v) is 11.1. The van der Waals surface area contributed by atoms with Crippen molar-refractivity contribution in [3.63, 3.8) is 0 Å². The molecular formula is C24H29N3OS. The Morgan fingerprint density at radius 3 is 2.66 bits per heavy atom. The zero-order valence-corrected chi connectivity index (χ0v) is 18.4. The van der Waals surface area contributed by atoms with Gasteiger partial charge in [0.15, 0.2) is 0 Å². The van der Waals surface area contributed by atoms with Gasteiger partial charge < -0.3 is 11.1 Å². The van der Waals surface area contributed by atoms with Crippen molar-refractivity contribution in [2.24, 2.45) is 11.3 Å². The summed E-state index contributed by atoms with van der Waals surface area (Å²) in [5.41, 5.74) is 10.4. The van der Waals surface area contributed by atoms with Crippen LogP contribution in [0.4, 0.5) is 5.69 Å². The molecule has 0 saturated carbocycles. The van der Waals surface area contributed by atoms with Gasteiger partial charge in [0.2, 0.25) is 0 Å². The van der Waals surface area contributed by atoms with E-state index in [-0.39, 0.29) is 11.9 Å². The van der Waals surface area contributed by atoms with Crippen LogP contribution in [0.1, 0.15) is 66.7 Å². The van der Waals surface area contributed by atoms with Gasteiger partial charge in [-0.2, -0.15) is 0 Å². The number of thiophene rings is 1. The molecule has 1 aliphatic carbocycles. The second-order valence-corrected chi connectivity index (χ2v) is 10.3. The minimum Gasteiger partial charge on any atom is -0.399 e. The smallest absolute Gasteiger partial charge is 0.261 e. The fourth-order valence-corrected chi connectivity index (χ4v) is 5.05. The number of carbonyl (C=O) groups excluding carboxylic acids is 1. The molecule has 0 bridgehead atoms. The van der Waals surface area contributed by atoms with Gasteiger partial charge in [0.1, 0.15) is 4.83 Å². The van der Waals surface area contributed by atoms with Crippen LogP contribution in [0.25, 0.3) is 10.2 Å². The number of benzene rings is 1. The van der Waals surface area contributed by atoms with Crippen LogP contribution in [-0.2, 0) is 12.8 Å². The minimum atomic E-state index is -0.0815. The van der Waals surface area contributed by atoms with Crippen LogP contribution in [-0.4, -0.2) is 10.9 Å². The molecule has 3 N–H and O–H groups in total. The monoisotopic (exact) mass is 407 g/mol. The lowest BCUT2D eigenvalue weighted by Crippen LogP contribution is -2.27. The van der Waals surface area contributed by atoms with Crippen molar-refractivity contribution in [1.29, 1.82) is 0 Å². The highest BCUT2D eigenvalue weighted by atomic mass is 32.1. The van der Waals surface area contributed by atoms with Crippen molar-refractivity contribution in [2.45, 2.75) is 53.0 Å². The third kappa shape index (κ3) is 4.15. The molecular weight excluding hydrogens is 378 g/mol. The number of nitrogens with zero attached hydrogens (tertiary/aromatic N) is 1. The van der Waals surface area contributed by atoms with Crippen LogP contribution in [0, 0.1) is 11.3 Å². The zero-order valence-electron chi connectivity index (χ0n) is 17.6. The molecule has 0 aliphatic heterocycles. The Balaban J connectivity index is 1.54. The molecule has 2 heterocycles. The Labute approximate surface area is 176 Å². The van der Waals surface area contributed by atoms with Gasteiger partial charge in [0.25, 0.3) is 5.91 Å². The average Bonchev–Trinajstić information content (AvgIpc) is 3.08. The number of pyridine rings is 1. The molecule has 4 nitrogen and oxygen atoms in total. The zero-order chi connectivity index (χ0) is 20.8. The number of aromatic nitrogens is 1. The van der Waals surface area contributed by atoms with Gasteiger partial charge in [-0.3, -0.25) is 4.79 Å². The maximum Gasteiger partial charge on any atom is 0.261 e. The van der Waals surface area contributed by atoms with Gasteiger partial charge >= 0.3 is 0 Å². The van der Waals surface area contributed by atoms with E-state index in [9.17, 15) is 4.79 Å². The summed E-state index contributed by atoms with van der Waals surface area (Å²) in [6, 6.07) is 11.8. The van der Waals surface area contributed by atoms with E-state index < -0.39 is 0 Å². The molecule has 3 aromatic rings. The van der Waals surface area contributed by atoms with E-state index >= 15 is 0 Å². The highest BCUT2D eigenvalue weighted by Gasteiger charge is 2.29. The quantitative estimate of drug-likeness (QED) is 0.562. The summed E-state index contributed by atoms with van der Waals surface area (Å²) >= 11 is 1.48. The summed E-state index contributed by atoms with van der Waals surface area (Å²) in [7, 11) is 0. The molecule has 1 aliphatic rings. The molecule has 152 valence electrons. The first kappa shape index (κ1) is 19.9. The van der Waals surface area contributed by atoms with Crippen LogP contribution >= 0.6 is 11.3 Å². The second-order valence-electron chi connectivity index (χ2n) is 9.27. The lowest BCUT2D eigenvalue weighted by atomic mass is 9.71. The highest BCUT2D eigenvalue weighted by Crippen LogP contribution is 2.38. The molecule has 0 spiro atoms. The molecule has 29 heavy (non-hydrogen) atoms. The number of anilines is 1. The largest absolute Gasteiger partial charge is 0.399 e. The molecule has 0 radical (unpaired) electrons. The SMILES string of the molecule is C[C@@H](NC(=O)c1cc2cc3c(nc2s1)CCC(C(C)(C)C)C3)c1ccc(N)cc1. The number of nitrogen functional groups attached to an aromatic ring is 1. The Morgan fingerprint density at radius 1 is 1.24 bits per heavy atom. The Kier molecular flexibility index (Phi) is 5.11. The summed E-state index contributed by atoms with van der Waals surface area (Å²) in [5.74, 6) is 0.624. The van der Waals surface area contributed by atoms with Crippen LogP contribution in [0.2, 0.25) is 0 Å². The Hall–Kier alpha value is -2.40. The molecule has 1 unspecified atom stereocenters. The van der Waals surface area contributed by atoms with E-state index in [2.05, 4.69) is 32.2 Å². The van der Waals surface area contributed by atoms with Gasteiger partial charge in [0.05, 0.1) is 10.9 Å². The van der Waals surface area contributed by atoms with Crippen molar-refractivity contribution >= 4 is 33.1 Å². The van der Waals surface area contributed by atoms with Gasteiger partial charge in [-0.25, -0.2) is 4.98 Å². The summed E-state index contributed by atoms with van der Waals surface area (Å²) in [6.07, 6.45) is 3.29. The van der Waals surface area contributed by atoms with Gasteiger partial charge in [-0.05, 0) is 72.9 Å². The van der Waals surface area contributed by atoms with Crippen LogP contribution in [0.15, 0.2) is 36.4 Å². The number of fused-ring (bicyclic) bond motifs is 2. The Bertz CT molecular complexity index is 1050. The van der Waals surface area contributed by atoms with E-state index in [1.165, 1.54) is 29.0 Å². The Morgan fingerprint density at radius 2 is 1.97 bits per heavy atom. The van der Waals surface area contributed by atoms with E-state index in [0.717, 1.165) is 34.3 Å². The number of aryl methyl sites for hydroxylation is 1. The molecule has 2 atom stereocenters. The number of rotatable bonds is 3. The first-order valence-electron chi connectivity index (χ1n) is 10.3. The highest BCUT2D eigenvalue weighted by molar-refractivity contribution is 7.20. The number of nitrogens with two attached hydrogens (primary N) is 1. The van der Waals surface area contributed by atoms with Crippen LogP contribution in [0.5, 0.6) is 0 Å². The fourth-order valence-electron chi connectivity index (χ4n) is 4.11. The number of carbonyl (C=O) groups is 1. The van der Waals surface area contributed by atoms with Crippen LogP contribution < -0.4 is 11.1 Å². The lowest BCUT2D eigenvalue weighted by Gasteiger charge is -2.34. The summed E-state index contributed by atoms with van der Waals surface area (Å²) in [4.78, 5) is 19.4. The summed E-state index contributed by atoms with van der Waals surface area (Å²) in [6.45, 7) is 8.96. The third-order valence-corrected chi connectivity index (χ3v) is 7.15. The molecule has 1 aromatic carbocycles. The predicted octanol–water partition coefficient (Wildman–Crippen LogP) is 5.52. The topological polar surface area (TPSA) is 68.0 Å². The standard InChI is InChI=1S/C24H29N3OS/c1-14(15-5-8-19(25)9-6-15)26-22(28)21-13-17-11-16-12-18(24(2,3)4)7-10-20(16)27-23(17)29-21/h5-6,8-9,11,13-14,18H,7,10,12,25H2,1-4H3,(H,26,28)/t14-,18?/m1/s1. The number of amides is 1. The average molecular weight is 408 g/mol. The first-order chi connectivity index (χ1) is 13.7. The minimum absolute atomic E-state index is 0.0529. The third-order valence-electron chi connectivity index (χ3n) is 6.11. The van der Waals surface area contributed by atoms with E-state index in [1.807, 2.05) is 37.3 Å². The van der Waals surface area contributed by atoms with Gasteiger partial charge in [-0.1, -0.05) is 32.9 Å². The maximum absolute atomic E-state index is 12.8. The molecule has 2 aromatic heterocycles. The van der Waals surface area contributed by atoms with Crippen molar-refractivity contribution < 1.29 is 4.79 Å². The van der Waals surface area contributed by atoms with Crippen LogP contribution in [0.3, 0.4) is 0 Å². The van der Waals surface area contributed by atoms with E-state index in [0.29, 0.717) is 16.2 Å².